The summed E-state index contributed by atoms with van der Waals surface area (Å²) in [6.45, 7) is 4.89. The molecule has 7 nitrogen and oxygen atoms in total. The first kappa shape index (κ1) is 17.0. The Morgan fingerprint density at radius 1 is 1.57 bits per heavy atom. The van der Waals surface area contributed by atoms with Gasteiger partial charge in [-0.3, -0.25) is 14.0 Å². The topological polar surface area (TPSA) is 96.5 Å². The van der Waals surface area contributed by atoms with E-state index in [1.807, 2.05) is 29.8 Å². The molecule has 1 N–H and O–H groups in total. The van der Waals surface area contributed by atoms with Crippen molar-refractivity contribution in [1.82, 2.24) is 14.7 Å². The number of imidazole rings is 1. The van der Waals surface area contributed by atoms with Gasteiger partial charge in [0.1, 0.15) is 5.54 Å². The Balaban J connectivity index is 1.83. The number of aromatic nitrogens is 2. The lowest BCUT2D eigenvalue weighted by atomic mass is 9.90. The standard InChI is InChI=1S/C15H18N4O3S/c1-10(2)15(3,9-16)18-12(20)8-22-13(21)6-11-7-19-4-5-23-14(19)17-11/h4-5,7,10H,6,8H2,1-3H3,(H,18,20)/t15-/m0/s1. The van der Waals surface area contributed by atoms with Crippen molar-refractivity contribution in [2.75, 3.05) is 6.61 Å². The molecule has 1 amide bonds. The first-order chi connectivity index (χ1) is 10.8. The maximum absolute atomic E-state index is 11.8. The smallest absolute Gasteiger partial charge is 0.312 e. The minimum Gasteiger partial charge on any atom is -0.455 e. The SMILES string of the molecule is CC(C)[C@](C)(C#N)NC(=O)COC(=O)Cc1cn2ccsc2n1. The van der Waals surface area contributed by atoms with E-state index < -0.39 is 24.0 Å². The van der Waals surface area contributed by atoms with Gasteiger partial charge in [0, 0.05) is 17.8 Å². The minimum absolute atomic E-state index is 0.00137. The van der Waals surface area contributed by atoms with Gasteiger partial charge in [0.25, 0.3) is 5.91 Å². The van der Waals surface area contributed by atoms with Crippen LogP contribution in [0.2, 0.25) is 0 Å². The third-order valence-electron chi connectivity index (χ3n) is 3.62. The van der Waals surface area contributed by atoms with Crippen molar-refractivity contribution < 1.29 is 14.3 Å². The zero-order valence-corrected chi connectivity index (χ0v) is 14.0. The lowest BCUT2D eigenvalue weighted by Gasteiger charge is -2.27. The highest BCUT2D eigenvalue weighted by Gasteiger charge is 2.30. The largest absolute Gasteiger partial charge is 0.455 e. The molecule has 8 heteroatoms. The third-order valence-corrected chi connectivity index (χ3v) is 4.39. The van der Waals surface area contributed by atoms with Crippen molar-refractivity contribution >= 4 is 28.2 Å². The molecule has 0 spiro atoms. The average molecular weight is 334 g/mol. The Kier molecular flexibility index (Phi) is 5.01. The highest BCUT2D eigenvalue weighted by molar-refractivity contribution is 7.15. The lowest BCUT2D eigenvalue weighted by Crippen LogP contribution is -2.50. The fourth-order valence-corrected chi connectivity index (χ4v) is 2.55. The normalized spacial score (nSPS) is 13.5. The Bertz CT molecular complexity index is 730. The molecule has 23 heavy (non-hydrogen) atoms. The second-order valence-corrected chi connectivity index (χ2v) is 6.55. The fraction of sp³-hybridized carbons (Fsp3) is 0.467. The summed E-state index contributed by atoms with van der Waals surface area (Å²) in [5, 5.41) is 13.6. The number of amides is 1. The molecule has 0 saturated carbocycles. The van der Waals surface area contributed by atoms with Crippen LogP contribution in [-0.4, -0.2) is 33.4 Å². The Morgan fingerprint density at radius 2 is 2.30 bits per heavy atom. The van der Waals surface area contributed by atoms with E-state index in [0.29, 0.717) is 5.69 Å². The second kappa shape index (κ2) is 6.79. The lowest BCUT2D eigenvalue weighted by molar-refractivity contribution is -0.148. The van der Waals surface area contributed by atoms with Crippen molar-refractivity contribution in [2.45, 2.75) is 32.7 Å². The van der Waals surface area contributed by atoms with Gasteiger partial charge in [-0.2, -0.15) is 5.26 Å². The summed E-state index contributed by atoms with van der Waals surface area (Å²) in [5.74, 6) is -1.10. The number of nitrogens with zero attached hydrogens (tertiary/aromatic N) is 3. The van der Waals surface area contributed by atoms with Crippen LogP contribution < -0.4 is 5.32 Å². The van der Waals surface area contributed by atoms with E-state index in [2.05, 4.69) is 16.4 Å². The number of ether oxygens (including phenoxy) is 1. The molecule has 0 aliphatic heterocycles. The fourth-order valence-electron chi connectivity index (χ4n) is 1.83. The third kappa shape index (κ3) is 4.07. The summed E-state index contributed by atoms with van der Waals surface area (Å²) in [4.78, 5) is 28.7. The van der Waals surface area contributed by atoms with Crippen molar-refractivity contribution in [2.24, 2.45) is 5.92 Å². The summed E-state index contributed by atoms with van der Waals surface area (Å²) in [7, 11) is 0. The Labute approximate surface area is 137 Å². The van der Waals surface area contributed by atoms with E-state index in [1.165, 1.54) is 11.3 Å². The summed E-state index contributed by atoms with van der Waals surface area (Å²) < 4.78 is 6.76. The molecule has 0 aromatic carbocycles. The van der Waals surface area contributed by atoms with Crippen LogP contribution in [0.25, 0.3) is 4.96 Å². The summed E-state index contributed by atoms with van der Waals surface area (Å²) >= 11 is 1.47. The van der Waals surface area contributed by atoms with Crippen molar-refractivity contribution in [3.63, 3.8) is 0 Å². The van der Waals surface area contributed by atoms with E-state index in [9.17, 15) is 9.59 Å². The number of hydrogen-bond donors (Lipinski definition) is 1. The molecule has 0 fully saturated rings. The molecular weight excluding hydrogens is 316 g/mol. The van der Waals surface area contributed by atoms with Crippen LogP contribution in [-0.2, 0) is 20.7 Å². The van der Waals surface area contributed by atoms with Gasteiger partial charge in [0.2, 0.25) is 0 Å². The molecule has 2 rings (SSSR count). The molecule has 0 aliphatic rings. The van der Waals surface area contributed by atoms with Crippen LogP contribution in [0.5, 0.6) is 0 Å². The van der Waals surface area contributed by atoms with E-state index in [-0.39, 0.29) is 12.3 Å². The van der Waals surface area contributed by atoms with Crippen molar-refractivity contribution in [1.29, 1.82) is 5.26 Å². The Morgan fingerprint density at radius 3 is 2.91 bits per heavy atom. The predicted octanol–water partition coefficient (Wildman–Crippen LogP) is 1.54. The van der Waals surface area contributed by atoms with E-state index >= 15 is 0 Å². The molecule has 2 aromatic rings. The van der Waals surface area contributed by atoms with Crippen LogP contribution in [0.15, 0.2) is 17.8 Å². The quantitative estimate of drug-likeness (QED) is 0.808. The highest BCUT2D eigenvalue weighted by atomic mass is 32.1. The van der Waals surface area contributed by atoms with E-state index in [1.54, 1.807) is 13.1 Å². The van der Waals surface area contributed by atoms with Gasteiger partial charge in [-0.1, -0.05) is 13.8 Å². The first-order valence-electron chi connectivity index (χ1n) is 7.13. The maximum Gasteiger partial charge on any atom is 0.312 e. The van der Waals surface area contributed by atoms with Gasteiger partial charge in [0.15, 0.2) is 11.6 Å². The number of carbonyl (C=O) groups is 2. The summed E-state index contributed by atoms with van der Waals surface area (Å²) in [6, 6.07) is 2.06. The van der Waals surface area contributed by atoms with Crippen molar-refractivity contribution in [3.05, 3.63) is 23.5 Å². The van der Waals surface area contributed by atoms with E-state index in [4.69, 9.17) is 10.00 Å². The second-order valence-electron chi connectivity index (χ2n) is 5.68. The van der Waals surface area contributed by atoms with E-state index in [0.717, 1.165) is 4.96 Å². The van der Waals surface area contributed by atoms with Gasteiger partial charge < -0.3 is 10.1 Å². The minimum atomic E-state index is -0.988. The number of carbonyl (C=O) groups excluding carboxylic acids is 2. The molecule has 122 valence electrons. The summed E-state index contributed by atoms with van der Waals surface area (Å²) in [6.07, 6.45) is 3.60. The zero-order valence-electron chi connectivity index (χ0n) is 13.2. The van der Waals surface area contributed by atoms with Gasteiger partial charge in [-0.05, 0) is 12.8 Å². The predicted molar refractivity (Wildman–Crippen MR) is 84.7 cm³/mol. The molecule has 0 radical (unpaired) electrons. The molecule has 0 bridgehead atoms. The van der Waals surface area contributed by atoms with Crippen LogP contribution in [0.1, 0.15) is 26.5 Å². The Hall–Kier alpha value is -2.40. The van der Waals surface area contributed by atoms with Crippen LogP contribution in [0.3, 0.4) is 0 Å². The number of rotatable bonds is 6. The zero-order chi connectivity index (χ0) is 17.0. The molecule has 2 heterocycles. The maximum atomic E-state index is 11.8. The average Bonchev–Trinajstić information content (AvgIpc) is 3.05. The number of esters is 1. The van der Waals surface area contributed by atoms with Gasteiger partial charge in [-0.25, -0.2) is 4.98 Å². The number of thiazole rings is 1. The molecule has 0 unspecified atom stereocenters. The van der Waals surface area contributed by atoms with Gasteiger partial charge >= 0.3 is 5.97 Å². The molecule has 1 atom stereocenters. The number of nitrogens with one attached hydrogen (secondary N) is 1. The molecular formula is C15H18N4O3S. The van der Waals surface area contributed by atoms with Crippen LogP contribution in [0, 0.1) is 17.2 Å². The number of nitriles is 1. The molecule has 0 aliphatic carbocycles. The van der Waals surface area contributed by atoms with Crippen LogP contribution in [0.4, 0.5) is 0 Å². The molecule has 0 saturated heterocycles. The van der Waals surface area contributed by atoms with Crippen LogP contribution >= 0.6 is 11.3 Å². The number of hydrogen-bond acceptors (Lipinski definition) is 6. The first-order valence-corrected chi connectivity index (χ1v) is 8.01. The highest BCUT2D eigenvalue weighted by Crippen LogP contribution is 2.15. The monoisotopic (exact) mass is 334 g/mol. The van der Waals surface area contributed by atoms with Crippen molar-refractivity contribution in [3.8, 4) is 6.07 Å². The number of fused-ring (bicyclic) bond motifs is 1. The van der Waals surface area contributed by atoms with Gasteiger partial charge in [-0.15, -0.1) is 11.3 Å². The summed E-state index contributed by atoms with van der Waals surface area (Å²) in [5.41, 5.74) is -0.399. The molecule has 2 aromatic heterocycles. The van der Waals surface area contributed by atoms with Gasteiger partial charge in [0.05, 0.1) is 18.2 Å².